The van der Waals surface area contributed by atoms with E-state index in [0.29, 0.717) is 18.8 Å². The number of nitrogens with two attached hydrogens (primary N) is 1. The first-order valence-corrected chi connectivity index (χ1v) is 7.03. The van der Waals surface area contributed by atoms with E-state index in [2.05, 4.69) is 20.8 Å². The van der Waals surface area contributed by atoms with Crippen LogP contribution in [0.15, 0.2) is 18.6 Å². The maximum absolute atomic E-state index is 12.5. The Morgan fingerprint density at radius 2 is 2.24 bits per heavy atom. The van der Waals surface area contributed by atoms with Gasteiger partial charge in [0.25, 0.3) is 5.91 Å². The van der Waals surface area contributed by atoms with Gasteiger partial charge in [0, 0.05) is 31.5 Å². The van der Waals surface area contributed by atoms with Crippen molar-refractivity contribution in [3.05, 3.63) is 24.3 Å². The summed E-state index contributed by atoms with van der Waals surface area (Å²) >= 11 is 0. The number of hydrogen-bond donors (Lipinski definition) is 3. The van der Waals surface area contributed by atoms with Crippen LogP contribution in [0.1, 0.15) is 23.3 Å². The standard InChI is InChI=1S/C13H18N6O2/c14-12(20)8-6-17-18-11(8)10-2-1-5-19(10)13(21)9-7-15-3-4-16-9/h3-4,7-8,10-11,17-18H,1-2,5-6H2,(H2,14,20). The van der Waals surface area contributed by atoms with Crippen molar-refractivity contribution >= 4 is 11.8 Å². The van der Waals surface area contributed by atoms with Crippen molar-refractivity contribution < 1.29 is 9.59 Å². The van der Waals surface area contributed by atoms with Crippen LogP contribution in [0.5, 0.6) is 0 Å². The molecule has 2 fully saturated rings. The molecule has 2 amide bonds. The first-order valence-electron chi connectivity index (χ1n) is 7.03. The highest BCUT2D eigenvalue weighted by atomic mass is 16.2. The van der Waals surface area contributed by atoms with Gasteiger partial charge in [-0.1, -0.05) is 0 Å². The molecule has 4 N–H and O–H groups in total. The Balaban J connectivity index is 1.79. The summed E-state index contributed by atoms with van der Waals surface area (Å²) in [5.41, 5.74) is 11.8. The SMILES string of the molecule is NC(=O)C1CNNC1C1CCCN1C(=O)c1cnccn1. The van der Waals surface area contributed by atoms with Crippen molar-refractivity contribution in [1.29, 1.82) is 0 Å². The minimum atomic E-state index is -0.351. The van der Waals surface area contributed by atoms with Crippen LogP contribution in [-0.2, 0) is 4.79 Å². The van der Waals surface area contributed by atoms with E-state index in [-0.39, 0.29) is 29.8 Å². The quantitative estimate of drug-likeness (QED) is 0.635. The fourth-order valence-corrected chi connectivity index (χ4v) is 3.13. The molecule has 112 valence electrons. The van der Waals surface area contributed by atoms with E-state index >= 15 is 0 Å². The highest BCUT2D eigenvalue weighted by molar-refractivity contribution is 5.92. The van der Waals surface area contributed by atoms with Gasteiger partial charge in [-0.3, -0.25) is 25.4 Å². The van der Waals surface area contributed by atoms with Gasteiger partial charge in [0.2, 0.25) is 5.91 Å². The Morgan fingerprint density at radius 3 is 2.95 bits per heavy atom. The second-order valence-corrected chi connectivity index (χ2v) is 5.36. The largest absolute Gasteiger partial charge is 0.369 e. The molecule has 2 saturated heterocycles. The van der Waals surface area contributed by atoms with E-state index in [1.165, 1.54) is 18.6 Å². The normalized spacial score (nSPS) is 28.8. The lowest BCUT2D eigenvalue weighted by atomic mass is 9.93. The predicted molar refractivity (Wildman–Crippen MR) is 73.7 cm³/mol. The van der Waals surface area contributed by atoms with Crippen molar-refractivity contribution in [3.63, 3.8) is 0 Å². The molecule has 8 heteroatoms. The van der Waals surface area contributed by atoms with E-state index in [9.17, 15) is 9.59 Å². The van der Waals surface area contributed by atoms with Gasteiger partial charge in [-0.05, 0) is 12.8 Å². The second-order valence-electron chi connectivity index (χ2n) is 5.36. The van der Waals surface area contributed by atoms with Crippen molar-refractivity contribution in [1.82, 2.24) is 25.7 Å². The van der Waals surface area contributed by atoms with Crippen LogP contribution < -0.4 is 16.6 Å². The lowest BCUT2D eigenvalue weighted by molar-refractivity contribution is -0.122. The van der Waals surface area contributed by atoms with Gasteiger partial charge in [-0.2, -0.15) is 0 Å². The minimum Gasteiger partial charge on any atom is -0.369 e. The smallest absolute Gasteiger partial charge is 0.274 e. The zero-order chi connectivity index (χ0) is 14.8. The fourth-order valence-electron chi connectivity index (χ4n) is 3.13. The molecule has 3 heterocycles. The number of nitrogens with zero attached hydrogens (tertiary/aromatic N) is 3. The van der Waals surface area contributed by atoms with Gasteiger partial charge in [-0.25, -0.2) is 4.98 Å². The van der Waals surface area contributed by atoms with E-state index in [1.807, 2.05) is 0 Å². The molecule has 3 atom stereocenters. The van der Waals surface area contributed by atoms with E-state index in [4.69, 9.17) is 5.73 Å². The molecule has 0 aromatic carbocycles. The Bertz CT molecular complexity index is 537. The monoisotopic (exact) mass is 290 g/mol. The highest BCUT2D eigenvalue weighted by Gasteiger charge is 2.43. The van der Waals surface area contributed by atoms with Crippen molar-refractivity contribution in [3.8, 4) is 0 Å². The average Bonchev–Trinajstić information content (AvgIpc) is 3.15. The maximum Gasteiger partial charge on any atom is 0.274 e. The van der Waals surface area contributed by atoms with Gasteiger partial charge >= 0.3 is 0 Å². The minimum absolute atomic E-state index is 0.0630. The topological polar surface area (TPSA) is 113 Å². The van der Waals surface area contributed by atoms with Gasteiger partial charge in [-0.15, -0.1) is 0 Å². The summed E-state index contributed by atoms with van der Waals surface area (Å²) in [6, 6.07) is -0.224. The van der Waals surface area contributed by atoms with Crippen LogP contribution in [0.2, 0.25) is 0 Å². The van der Waals surface area contributed by atoms with Gasteiger partial charge < -0.3 is 10.6 Å². The molecular weight excluding hydrogens is 272 g/mol. The molecule has 1 aromatic rings. The molecule has 0 spiro atoms. The molecule has 1 aromatic heterocycles. The molecule has 0 bridgehead atoms. The van der Waals surface area contributed by atoms with Crippen LogP contribution in [0.3, 0.4) is 0 Å². The summed E-state index contributed by atoms with van der Waals surface area (Å²) in [7, 11) is 0. The number of aromatic nitrogens is 2. The summed E-state index contributed by atoms with van der Waals surface area (Å²) in [5.74, 6) is -0.816. The third kappa shape index (κ3) is 2.59. The van der Waals surface area contributed by atoms with E-state index < -0.39 is 0 Å². The number of nitrogens with one attached hydrogen (secondary N) is 2. The van der Waals surface area contributed by atoms with Crippen LogP contribution in [0.25, 0.3) is 0 Å². The predicted octanol–water partition coefficient (Wildman–Crippen LogP) is -1.34. The first-order chi connectivity index (χ1) is 10.2. The number of rotatable bonds is 3. The number of carbonyl (C=O) groups excluding carboxylic acids is 2. The number of amides is 2. The lowest BCUT2D eigenvalue weighted by Crippen LogP contribution is -2.52. The number of likely N-dealkylation sites (tertiary alicyclic amines) is 1. The number of carbonyl (C=O) groups is 2. The summed E-state index contributed by atoms with van der Waals surface area (Å²) in [4.78, 5) is 33.8. The Kier molecular flexibility index (Phi) is 3.80. The molecular formula is C13H18N6O2. The van der Waals surface area contributed by atoms with Crippen LogP contribution in [0, 0.1) is 5.92 Å². The third-order valence-electron chi connectivity index (χ3n) is 4.15. The summed E-state index contributed by atoms with van der Waals surface area (Å²) in [6.45, 7) is 1.15. The first kappa shape index (κ1) is 13.9. The van der Waals surface area contributed by atoms with Crippen molar-refractivity contribution in [2.24, 2.45) is 11.7 Å². The number of hydrazine groups is 1. The molecule has 3 rings (SSSR count). The van der Waals surface area contributed by atoms with Crippen LogP contribution in [0.4, 0.5) is 0 Å². The average molecular weight is 290 g/mol. The molecule has 21 heavy (non-hydrogen) atoms. The third-order valence-corrected chi connectivity index (χ3v) is 4.15. The van der Waals surface area contributed by atoms with Gasteiger partial charge in [0.15, 0.2) is 0 Å². The summed E-state index contributed by atoms with van der Waals surface area (Å²) < 4.78 is 0. The molecule has 3 unspecified atom stereocenters. The zero-order valence-electron chi connectivity index (χ0n) is 11.5. The molecule has 0 aliphatic carbocycles. The van der Waals surface area contributed by atoms with Crippen molar-refractivity contribution in [2.75, 3.05) is 13.1 Å². The van der Waals surface area contributed by atoms with Crippen LogP contribution in [-0.4, -0.2) is 51.9 Å². The Morgan fingerprint density at radius 1 is 1.38 bits per heavy atom. The molecule has 0 saturated carbocycles. The Hall–Kier alpha value is -2.06. The number of primary amides is 1. The molecule has 2 aliphatic rings. The summed E-state index contributed by atoms with van der Waals surface area (Å²) in [5, 5.41) is 0. The zero-order valence-corrected chi connectivity index (χ0v) is 11.5. The van der Waals surface area contributed by atoms with Gasteiger partial charge in [0.05, 0.1) is 18.2 Å². The maximum atomic E-state index is 12.5. The molecule has 0 radical (unpaired) electrons. The lowest BCUT2D eigenvalue weighted by Gasteiger charge is -2.31. The molecule has 8 nitrogen and oxygen atoms in total. The van der Waals surface area contributed by atoms with E-state index in [0.717, 1.165) is 12.8 Å². The summed E-state index contributed by atoms with van der Waals surface area (Å²) in [6.07, 6.45) is 6.24. The molecule has 2 aliphatic heterocycles. The Labute approximate surface area is 122 Å². The number of hydrogen-bond acceptors (Lipinski definition) is 6. The second kappa shape index (κ2) is 5.74. The van der Waals surface area contributed by atoms with Crippen LogP contribution >= 0.6 is 0 Å². The fraction of sp³-hybridized carbons (Fsp3) is 0.538. The van der Waals surface area contributed by atoms with Gasteiger partial charge in [0.1, 0.15) is 5.69 Å². The van der Waals surface area contributed by atoms with Crippen molar-refractivity contribution in [2.45, 2.75) is 24.9 Å². The van der Waals surface area contributed by atoms with E-state index in [1.54, 1.807) is 4.90 Å². The highest BCUT2D eigenvalue weighted by Crippen LogP contribution is 2.26.